The summed E-state index contributed by atoms with van der Waals surface area (Å²) in [5, 5.41) is 4.15. The number of morpholine rings is 1. The number of aryl methyl sites for hydroxylation is 1. The summed E-state index contributed by atoms with van der Waals surface area (Å²) >= 11 is 0. The van der Waals surface area contributed by atoms with Crippen LogP contribution in [0.3, 0.4) is 0 Å². The minimum atomic E-state index is -0.103. The predicted octanol–water partition coefficient (Wildman–Crippen LogP) is 1.88. The van der Waals surface area contributed by atoms with E-state index in [1.165, 1.54) is 0 Å². The standard InChI is InChI=1S/C16H23N5O/c1-12-8-21(11-16(2,3)22-12)9-13-5-17-15(18-6-13)14-7-19-20(4)10-14/h5-7,10,12H,8-9,11H2,1-4H3. The second-order valence-corrected chi connectivity index (χ2v) is 6.68. The van der Waals surface area contributed by atoms with Crippen molar-refractivity contribution in [2.45, 2.75) is 39.0 Å². The van der Waals surface area contributed by atoms with Gasteiger partial charge in [0.25, 0.3) is 0 Å². The van der Waals surface area contributed by atoms with E-state index in [1.54, 1.807) is 10.9 Å². The average Bonchev–Trinajstić information content (AvgIpc) is 2.84. The van der Waals surface area contributed by atoms with Gasteiger partial charge < -0.3 is 4.74 Å². The second kappa shape index (κ2) is 5.78. The number of hydrogen-bond donors (Lipinski definition) is 0. The van der Waals surface area contributed by atoms with E-state index >= 15 is 0 Å². The fourth-order valence-electron chi connectivity index (χ4n) is 3.09. The molecule has 3 heterocycles. The van der Waals surface area contributed by atoms with Gasteiger partial charge in [0, 0.05) is 50.8 Å². The van der Waals surface area contributed by atoms with E-state index in [4.69, 9.17) is 4.74 Å². The minimum absolute atomic E-state index is 0.103. The summed E-state index contributed by atoms with van der Waals surface area (Å²) in [6, 6.07) is 0. The maximum absolute atomic E-state index is 5.94. The summed E-state index contributed by atoms with van der Waals surface area (Å²) in [6.45, 7) is 9.10. The van der Waals surface area contributed by atoms with Crippen LogP contribution >= 0.6 is 0 Å². The molecule has 1 fully saturated rings. The SMILES string of the molecule is CC1CN(Cc2cnc(-c3cnn(C)c3)nc2)CC(C)(C)O1. The molecule has 1 unspecified atom stereocenters. The number of rotatable bonds is 3. The highest BCUT2D eigenvalue weighted by molar-refractivity contribution is 5.51. The van der Waals surface area contributed by atoms with Crippen LogP contribution in [0, 0.1) is 0 Å². The summed E-state index contributed by atoms with van der Waals surface area (Å²) in [7, 11) is 1.89. The predicted molar refractivity (Wildman–Crippen MR) is 84.1 cm³/mol. The van der Waals surface area contributed by atoms with Crippen LogP contribution in [0.4, 0.5) is 0 Å². The van der Waals surface area contributed by atoms with Crippen molar-refractivity contribution in [1.29, 1.82) is 0 Å². The first-order valence-corrected chi connectivity index (χ1v) is 7.61. The van der Waals surface area contributed by atoms with Crippen LogP contribution in [0.5, 0.6) is 0 Å². The summed E-state index contributed by atoms with van der Waals surface area (Å²) in [4.78, 5) is 11.3. The molecule has 2 aromatic heterocycles. The van der Waals surface area contributed by atoms with Gasteiger partial charge in [0.15, 0.2) is 5.82 Å². The summed E-state index contributed by atoms with van der Waals surface area (Å²) in [5.41, 5.74) is 1.96. The van der Waals surface area contributed by atoms with Crippen LogP contribution in [0.2, 0.25) is 0 Å². The molecule has 0 spiro atoms. The van der Waals surface area contributed by atoms with Gasteiger partial charge >= 0.3 is 0 Å². The molecule has 1 aliphatic heterocycles. The maximum Gasteiger partial charge on any atom is 0.162 e. The third-order valence-corrected chi connectivity index (χ3v) is 3.71. The Bertz CT molecular complexity index is 634. The van der Waals surface area contributed by atoms with Crippen molar-refractivity contribution in [3.8, 4) is 11.4 Å². The minimum Gasteiger partial charge on any atom is -0.370 e. The molecule has 0 N–H and O–H groups in total. The lowest BCUT2D eigenvalue weighted by Crippen LogP contribution is -2.51. The third-order valence-electron chi connectivity index (χ3n) is 3.71. The topological polar surface area (TPSA) is 56.1 Å². The van der Waals surface area contributed by atoms with Crippen LogP contribution in [-0.2, 0) is 18.3 Å². The molecule has 0 radical (unpaired) electrons. The average molecular weight is 301 g/mol. The first kappa shape index (κ1) is 15.1. The van der Waals surface area contributed by atoms with Gasteiger partial charge in [-0.3, -0.25) is 9.58 Å². The van der Waals surface area contributed by atoms with Crippen LogP contribution in [0.15, 0.2) is 24.8 Å². The normalized spacial score (nSPS) is 21.9. The molecule has 0 aromatic carbocycles. The Kier molecular flexibility index (Phi) is 3.97. The highest BCUT2D eigenvalue weighted by Gasteiger charge is 2.31. The maximum atomic E-state index is 5.94. The van der Waals surface area contributed by atoms with Gasteiger partial charge in [-0.1, -0.05) is 0 Å². The molecule has 118 valence electrons. The molecule has 1 saturated heterocycles. The Morgan fingerprint density at radius 2 is 2.00 bits per heavy atom. The quantitative estimate of drug-likeness (QED) is 0.866. The summed E-state index contributed by atoms with van der Waals surface area (Å²) in [6.07, 6.45) is 7.76. The molecule has 0 amide bonds. The number of aromatic nitrogens is 4. The first-order valence-electron chi connectivity index (χ1n) is 7.61. The van der Waals surface area contributed by atoms with E-state index < -0.39 is 0 Å². The van der Waals surface area contributed by atoms with E-state index in [9.17, 15) is 0 Å². The zero-order valence-electron chi connectivity index (χ0n) is 13.7. The van der Waals surface area contributed by atoms with Gasteiger partial charge in [-0.15, -0.1) is 0 Å². The van der Waals surface area contributed by atoms with Crippen molar-refractivity contribution in [2.75, 3.05) is 13.1 Å². The van der Waals surface area contributed by atoms with Crippen molar-refractivity contribution in [3.63, 3.8) is 0 Å². The fraction of sp³-hybridized carbons (Fsp3) is 0.562. The lowest BCUT2D eigenvalue weighted by molar-refractivity contribution is -0.130. The molecule has 6 heteroatoms. The van der Waals surface area contributed by atoms with Crippen molar-refractivity contribution in [3.05, 3.63) is 30.4 Å². The van der Waals surface area contributed by atoms with E-state index in [0.717, 1.165) is 30.8 Å². The Hall–Kier alpha value is -1.79. The van der Waals surface area contributed by atoms with E-state index in [2.05, 4.69) is 40.7 Å². The zero-order chi connectivity index (χ0) is 15.7. The molecule has 3 rings (SSSR count). The highest BCUT2D eigenvalue weighted by Crippen LogP contribution is 2.22. The molecule has 0 aliphatic carbocycles. The largest absolute Gasteiger partial charge is 0.370 e. The molecule has 1 aliphatic rings. The molecule has 6 nitrogen and oxygen atoms in total. The highest BCUT2D eigenvalue weighted by atomic mass is 16.5. The lowest BCUT2D eigenvalue weighted by atomic mass is 10.1. The van der Waals surface area contributed by atoms with Gasteiger partial charge in [0.2, 0.25) is 0 Å². The van der Waals surface area contributed by atoms with Crippen LogP contribution in [-0.4, -0.2) is 49.4 Å². The Balaban J connectivity index is 1.68. The van der Waals surface area contributed by atoms with E-state index in [-0.39, 0.29) is 11.7 Å². The fourth-order valence-corrected chi connectivity index (χ4v) is 3.09. The summed E-state index contributed by atoms with van der Waals surface area (Å²) < 4.78 is 7.69. The van der Waals surface area contributed by atoms with Crippen LogP contribution in [0.25, 0.3) is 11.4 Å². The second-order valence-electron chi connectivity index (χ2n) is 6.68. The van der Waals surface area contributed by atoms with Crippen molar-refractivity contribution in [2.24, 2.45) is 7.05 Å². The molecule has 0 bridgehead atoms. The molecule has 0 saturated carbocycles. The van der Waals surface area contributed by atoms with Gasteiger partial charge in [-0.25, -0.2) is 9.97 Å². The van der Waals surface area contributed by atoms with E-state index in [0.29, 0.717) is 5.82 Å². The van der Waals surface area contributed by atoms with Gasteiger partial charge in [0.1, 0.15) is 0 Å². The number of ether oxygens (including phenoxy) is 1. The van der Waals surface area contributed by atoms with Crippen LogP contribution in [0.1, 0.15) is 26.3 Å². The molecular weight excluding hydrogens is 278 g/mol. The van der Waals surface area contributed by atoms with E-state index in [1.807, 2.05) is 25.6 Å². The first-order chi connectivity index (χ1) is 10.4. The Morgan fingerprint density at radius 3 is 2.59 bits per heavy atom. The molecular formula is C16H23N5O. The van der Waals surface area contributed by atoms with Gasteiger partial charge in [-0.05, 0) is 20.8 Å². The van der Waals surface area contributed by atoms with Gasteiger partial charge in [-0.2, -0.15) is 5.10 Å². The van der Waals surface area contributed by atoms with Crippen molar-refractivity contribution < 1.29 is 4.74 Å². The smallest absolute Gasteiger partial charge is 0.162 e. The molecule has 1 atom stereocenters. The molecule has 2 aromatic rings. The third kappa shape index (κ3) is 3.51. The Labute approximate surface area is 131 Å². The monoisotopic (exact) mass is 301 g/mol. The molecule has 22 heavy (non-hydrogen) atoms. The summed E-state index contributed by atoms with van der Waals surface area (Å²) in [5.74, 6) is 0.715. The van der Waals surface area contributed by atoms with Crippen molar-refractivity contribution in [1.82, 2.24) is 24.6 Å². The number of hydrogen-bond acceptors (Lipinski definition) is 5. The number of nitrogens with zero attached hydrogens (tertiary/aromatic N) is 5. The Morgan fingerprint density at radius 1 is 1.27 bits per heavy atom. The van der Waals surface area contributed by atoms with Crippen LogP contribution < -0.4 is 0 Å². The zero-order valence-corrected chi connectivity index (χ0v) is 13.7. The van der Waals surface area contributed by atoms with Gasteiger partial charge in [0.05, 0.1) is 23.5 Å². The van der Waals surface area contributed by atoms with Crippen molar-refractivity contribution >= 4 is 0 Å². The lowest BCUT2D eigenvalue weighted by Gasteiger charge is -2.41.